The van der Waals surface area contributed by atoms with Crippen molar-refractivity contribution >= 4 is 0 Å². The van der Waals surface area contributed by atoms with Crippen LogP contribution in [0.5, 0.6) is 0 Å². The molecule has 0 amide bonds. The average molecular weight is 341 g/mol. The maximum atomic E-state index is 3.98. The predicted octanol–water partition coefficient (Wildman–Crippen LogP) is 7.75. The van der Waals surface area contributed by atoms with Crippen molar-refractivity contribution in [3.05, 3.63) is 48.1 Å². The summed E-state index contributed by atoms with van der Waals surface area (Å²) in [6, 6.07) is 0. The van der Waals surface area contributed by atoms with Crippen molar-refractivity contribution in [2.24, 2.45) is 35.0 Å². The summed E-state index contributed by atoms with van der Waals surface area (Å²) in [5, 5.41) is 0. The van der Waals surface area contributed by atoms with Gasteiger partial charge in [0, 0.05) is 0 Å². The van der Waals surface area contributed by atoms with Crippen molar-refractivity contribution in [2.45, 2.75) is 73.6 Å². The minimum atomic E-state index is 0.492. The van der Waals surface area contributed by atoms with E-state index in [-0.39, 0.29) is 0 Å². The van der Waals surface area contributed by atoms with Crippen LogP contribution in [0.4, 0.5) is 0 Å². The molecule has 0 aromatic carbocycles. The molecule has 5 atom stereocenters. The Labute approximate surface area is 157 Å². The Morgan fingerprint density at radius 3 is 2.52 bits per heavy atom. The van der Waals surface area contributed by atoms with E-state index < -0.39 is 0 Å². The largest absolute Gasteiger partial charge is 0.0961 e. The number of hydrogen-bond donors (Lipinski definition) is 0. The van der Waals surface area contributed by atoms with Crippen LogP contribution in [-0.2, 0) is 0 Å². The fourth-order valence-electron chi connectivity index (χ4n) is 5.19. The zero-order valence-electron chi connectivity index (χ0n) is 17.5. The first-order valence-electron chi connectivity index (χ1n) is 10.5. The predicted molar refractivity (Wildman–Crippen MR) is 113 cm³/mol. The quantitative estimate of drug-likeness (QED) is 0.342. The molecule has 2 aliphatic carbocycles. The van der Waals surface area contributed by atoms with E-state index in [1.807, 2.05) is 0 Å². The molecule has 2 rings (SSSR count). The number of rotatable bonds is 6. The van der Waals surface area contributed by atoms with Crippen molar-refractivity contribution in [3.8, 4) is 0 Å². The molecular formula is C25H40. The van der Waals surface area contributed by atoms with Crippen LogP contribution in [-0.4, -0.2) is 0 Å². The summed E-state index contributed by atoms with van der Waals surface area (Å²) < 4.78 is 0. The van der Waals surface area contributed by atoms with E-state index in [4.69, 9.17) is 0 Å². The fraction of sp³-hybridized carbons (Fsp3) is 0.680. The zero-order chi connectivity index (χ0) is 18.6. The highest BCUT2D eigenvalue weighted by atomic mass is 14.5. The van der Waals surface area contributed by atoms with Gasteiger partial charge in [-0.05, 0) is 74.0 Å². The van der Waals surface area contributed by atoms with Crippen molar-refractivity contribution < 1.29 is 0 Å². The average Bonchev–Trinajstić information content (AvgIpc) is 2.89. The molecule has 0 radical (unpaired) electrons. The lowest BCUT2D eigenvalue weighted by molar-refractivity contribution is 0.112. The minimum Gasteiger partial charge on any atom is -0.0961 e. The van der Waals surface area contributed by atoms with Crippen LogP contribution in [0.25, 0.3) is 0 Å². The molecule has 0 nitrogen and oxygen atoms in total. The highest BCUT2D eigenvalue weighted by Crippen LogP contribution is 2.59. The molecule has 0 aromatic rings. The molecule has 0 heteroatoms. The second-order valence-corrected chi connectivity index (χ2v) is 9.39. The van der Waals surface area contributed by atoms with Crippen LogP contribution in [0, 0.1) is 35.0 Å². The summed E-state index contributed by atoms with van der Waals surface area (Å²) in [5.74, 6) is 3.74. The Kier molecular flexibility index (Phi) is 6.94. The molecule has 25 heavy (non-hydrogen) atoms. The first kappa shape index (κ1) is 20.3. The number of fused-ring (bicyclic) bond motifs is 1. The maximum absolute atomic E-state index is 3.98. The summed E-state index contributed by atoms with van der Waals surface area (Å²) in [5.41, 5.74) is 3.32. The fourth-order valence-corrected chi connectivity index (χ4v) is 5.19. The molecule has 0 aromatic heterocycles. The standard InChI is InChI=1S/C25H40/c1-18(2)10-8-11-22-12-9-17-25(7)23(15-16-24(22)25)21(6)14-13-20(5)19(3)4/h8,10-11,13-14,19-21,23-24H,1,9,12,15-17H2,2-7H3/b10-8-,14-13+,22-11+/t20-,21+,23?,24?,25?/m0/s1. The zero-order valence-corrected chi connectivity index (χ0v) is 17.5. The molecule has 2 aliphatic rings. The molecular weight excluding hydrogens is 300 g/mol. The van der Waals surface area contributed by atoms with Gasteiger partial charge in [-0.3, -0.25) is 0 Å². The van der Waals surface area contributed by atoms with Crippen LogP contribution in [0.3, 0.4) is 0 Å². The third-order valence-electron chi connectivity index (χ3n) is 7.13. The number of allylic oxidation sites excluding steroid dienone is 7. The first-order chi connectivity index (χ1) is 11.8. The highest BCUT2D eigenvalue weighted by molar-refractivity contribution is 5.26. The lowest BCUT2D eigenvalue weighted by Crippen LogP contribution is -2.35. The van der Waals surface area contributed by atoms with E-state index in [0.717, 1.165) is 23.3 Å². The smallest absolute Gasteiger partial charge is 0.0143 e. The van der Waals surface area contributed by atoms with Gasteiger partial charge in [0.05, 0.1) is 0 Å². The summed E-state index contributed by atoms with van der Waals surface area (Å²) >= 11 is 0. The SMILES string of the molecule is C=C(C)/C=C\C=C1/CCCC2(C)C1CCC2[C@H](C)/C=C/[C@H](C)C(C)C. The molecule has 0 spiro atoms. The third kappa shape index (κ3) is 4.78. The van der Waals surface area contributed by atoms with Crippen molar-refractivity contribution in [3.63, 3.8) is 0 Å². The molecule has 0 heterocycles. The second kappa shape index (κ2) is 8.56. The van der Waals surface area contributed by atoms with Crippen LogP contribution in [0.15, 0.2) is 48.1 Å². The van der Waals surface area contributed by atoms with E-state index in [0.29, 0.717) is 17.3 Å². The van der Waals surface area contributed by atoms with Crippen LogP contribution in [0.1, 0.15) is 73.6 Å². The monoisotopic (exact) mass is 340 g/mol. The molecule has 0 N–H and O–H groups in total. The summed E-state index contributed by atoms with van der Waals surface area (Å²) in [4.78, 5) is 0. The van der Waals surface area contributed by atoms with Gasteiger partial charge in [-0.2, -0.15) is 0 Å². The number of hydrogen-bond acceptors (Lipinski definition) is 0. The minimum absolute atomic E-state index is 0.492. The van der Waals surface area contributed by atoms with Crippen molar-refractivity contribution in [1.29, 1.82) is 0 Å². The Morgan fingerprint density at radius 1 is 1.16 bits per heavy atom. The van der Waals surface area contributed by atoms with Gasteiger partial charge >= 0.3 is 0 Å². The van der Waals surface area contributed by atoms with Crippen LogP contribution >= 0.6 is 0 Å². The van der Waals surface area contributed by atoms with Gasteiger partial charge in [-0.25, -0.2) is 0 Å². The molecule has 3 unspecified atom stereocenters. The lowest BCUT2D eigenvalue weighted by Gasteiger charge is -2.44. The first-order valence-corrected chi connectivity index (χ1v) is 10.5. The van der Waals surface area contributed by atoms with E-state index in [1.54, 1.807) is 5.57 Å². The summed E-state index contributed by atoms with van der Waals surface area (Å²) in [7, 11) is 0. The Bertz CT molecular complexity index is 544. The van der Waals surface area contributed by atoms with E-state index in [2.05, 4.69) is 78.5 Å². The Balaban J connectivity index is 2.13. The van der Waals surface area contributed by atoms with Gasteiger partial charge in [0.2, 0.25) is 0 Å². The van der Waals surface area contributed by atoms with Gasteiger partial charge in [-0.1, -0.05) is 82.7 Å². The van der Waals surface area contributed by atoms with Crippen molar-refractivity contribution in [2.75, 3.05) is 0 Å². The van der Waals surface area contributed by atoms with E-state index in [1.165, 1.54) is 32.1 Å². The van der Waals surface area contributed by atoms with E-state index in [9.17, 15) is 0 Å². The third-order valence-corrected chi connectivity index (χ3v) is 7.13. The van der Waals surface area contributed by atoms with Crippen LogP contribution < -0.4 is 0 Å². The Hall–Kier alpha value is -1.04. The van der Waals surface area contributed by atoms with E-state index >= 15 is 0 Å². The summed E-state index contributed by atoms with van der Waals surface area (Å²) in [6.07, 6.45) is 18.6. The maximum Gasteiger partial charge on any atom is -0.0143 e. The molecule has 2 saturated carbocycles. The van der Waals surface area contributed by atoms with Crippen molar-refractivity contribution in [1.82, 2.24) is 0 Å². The molecule has 140 valence electrons. The molecule has 0 saturated heterocycles. The lowest BCUT2D eigenvalue weighted by atomic mass is 9.61. The topological polar surface area (TPSA) is 0 Å². The normalized spacial score (nSPS) is 34.1. The molecule has 2 fully saturated rings. The van der Waals surface area contributed by atoms with Gasteiger partial charge in [-0.15, -0.1) is 0 Å². The van der Waals surface area contributed by atoms with Gasteiger partial charge in [0.25, 0.3) is 0 Å². The van der Waals surface area contributed by atoms with Gasteiger partial charge < -0.3 is 0 Å². The Morgan fingerprint density at radius 2 is 1.88 bits per heavy atom. The van der Waals surface area contributed by atoms with Crippen LogP contribution in [0.2, 0.25) is 0 Å². The summed E-state index contributed by atoms with van der Waals surface area (Å²) in [6.45, 7) is 18.1. The van der Waals surface area contributed by atoms with Gasteiger partial charge in [0.15, 0.2) is 0 Å². The second-order valence-electron chi connectivity index (χ2n) is 9.39. The highest BCUT2D eigenvalue weighted by Gasteiger charge is 2.50. The molecule has 0 aliphatic heterocycles. The van der Waals surface area contributed by atoms with Gasteiger partial charge in [0.1, 0.15) is 0 Å². The molecule has 0 bridgehead atoms.